The minimum absolute atomic E-state index is 0.00312. The zero-order chi connectivity index (χ0) is 18.3. The number of sulfonamides is 1. The van der Waals surface area contributed by atoms with Gasteiger partial charge in [0.1, 0.15) is 5.82 Å². The quantitative estimate of drug-likeness (QED) is 0.671. The summed E-state index contributed by atoms with van der Waals surface area (Å²) in [4.78, 5) is 11.5. The van der Waals surface area contributed by atoms with Gasteiger partial charge in [0.25, 0.3) is 0 Å². The lowest BCUT2D eigenvalue weighted by Gasteiger charge is -2.21. The summed E-state index contributed by atoms with van der Waals surface area (Å²) >= 11 is 3.04. The second-order valence-corrected chi connectivity index (χ2v) is 8.21. The molecule has 0 aliphatic carbocycles. The highest BCUT2D eigenvalue weighted by Gasteiger charge is 2.21. The second kappa shape index (κ2) is 9.33. The molecule has 24 heavy (non-hydrogen) atoms. The molecule has 0 saturated carbocycles. The largest absolute Gasteiger partial charge is 0.450 e. The van der Waals surface area contributed by atoms with Gasteiger partial charge in [0.05, 0.1) is 11.5 Å². The zero-order valence-electron chi connectivity index (χ0n) is 13.8. The van der Waals surface area contributed by atoms with Crippen molar-refractivity contribution in [1.29, 1.82) is 0 Å². The summed E-state index contributed by atoms with van der Waals surface area (Å²) in [5, 5.41) is 2.64. The van der Waals surface area contributed by atoms with E-state index in [-0.39, 0.29) is 28.4 Å². The fourth-order valence-electron chi connectivity index (χ4n) is 2.08. The van der Waals surface area contributed by atoms with Crippen LogP contribution in [0.4, 0.5) is 9.18 Å². The van der Waals surface area contributed by atoms with E-state index >= 15 is 0 Å². The summed E-state index contributed by atoms with van der Waals surface area (Å²) in [5.41, 5.74) is 0. The summed E-state index contributed by atoms with van der Waals surface area (Å²) in [6, 6.07) is 2.91. The summed E-state index contributed by atoms with van der Waals surface area (Å²) in [6.45, 7) is 5.85. The van der Waals surface area contributed by atoms with E-state index in [2.05, 4.69) is 26.0 Å². The predicted octanol–water partition coefficient (Wildman–Crippen LogP) is 3.03. The molecular formula is C15H22BrFN2O4S. The number of nitrogens with one attached hydrogen (secondary N) is 2. The first kappa shape index (κ1) is 20.9. The van der Waals surface area contributed by atoms with Crippen LogP contribution in [0.2, 0.25) is 0 Å². The molecule has 1 amide bonds. The van der Waals surface area contributed by atoms with Gasteiger partial charge < -0.3 is 10.1 Å². The molecule has 0 aliphatic heterocycles. The SMILES string of the molecule is CCOC(=O)NC(CNS(=O)(=O)c1ccc(F)cc1Br)CC(C)C. The highest BCUT2D eigenvalue weighted by atomic mass is 79.9. The third-order valence-electron chi connectivity index (χ3n) is 3.06. The summed E-state index contributed by atoms with van der Waals surface area (Å²) < 4.78 is 45.2. The van der Waals surface area contributed by atoms with E-state index in [4.69, 9.17) is 4.74 Å². The molecule has 0 aromatic heterocycles. The van der Waals surface area contributed by atoms with Gasteiger partial charge in [0, 0.05) is 17.1 Å². The van der Waals surface area contributed by atoms with Crippen molar-refractivity contribution in [2.45, 2.75) is 38.1 Å². The fraction of sp³-hybridized carbons (Fsp3) is 0.533. The molecular weight excluding hydrogens is 403 g/mol. The third-order valence-corrected chi connectivity index (χ3v) is 5.46. The van der Waals surface area contributed by atoms with Crippen LogP contribution in [0.25, 0.3) is 0 Å². The molecule has 0 aliphatic rings. The Kier molecular flexibility index (Phi) is 8.11. The molecule has 0 fully saturated rings. The highest BCUT2D eigenvalue weighted by Crippen LogP contribution is 2.22. The molecule has 9 heteroatoms. The lowest BCUT2D eigenvalue weighted by molar-refractivity contribution is 0.146. The van der Waals surface area contributed by atoms with Crippen LogP contribution in [0, 0.1) is 11.7 Å². The number of benzene rings is 1. The van der Waals surface area contributed by atoms with Gasteiger partial charge in [-0.15, -0.1) is 0 Å². The van der Waals surface area contributed by atoms with E-state index in [9.17, 15) is 17.6 Å². The summed E-state index contributed by atoms with van der Waals surface area (Å²) in [6.07, 6.45) is -0.0170. The van der Waals surface area contributed by atoms with E-state index in [0.717, 1.165) is 12.1 Å². The number of amides is 1. The molecule has 1 aromatic rings. The summed E-state index contributed by atoms with van der Waals surface area (Å²) in [7, 11) is -3.84. The van der Waals surface area contributed by atoms with Crippen LogP contribution in [0.1, 0.15) is 27.2 Å². The van der Waals surface area contributed by atoms with Crippen LogP contribution in [0.5, 0.6) is 0 Å². The standard InChI is InChI=1S/C15H22BrFN2O4S/c1-4-23-15(20)19-12(7-10(2)3)9-18-24(21,22)14-6-5-11(17)8-13(14)16/h5-6,8,10,12,18H,4,7,9H2,1-3H3,(H,19,20). The smallest absolute Gasteiger partial charge is 0.407 e. The van der Waals surface area contributed by atoms with Gasteiger partial charge in [-0.1, -0.05) is 13.8 Å². The number of alkyl carbamates (subject to hydrolysis) is 1. The molecule has 0 saturated heterocycles. The Morgan fingerprint density at radius 1 is 1.38 bits per heavy atom. The van der Waals surface area contributed by atoms with Crippen molar-refractivity contribution in [3.8, 4) is 0 Å². The van der Waals surface area contributed by atoms with Crippen LogP contribution in [-0.2, 0) is 14.8 Å². The van der Waals surface area contributed by atoms with Crippen LogP contribution in [0.15, 0.2) is 27.6 Å². The molecule has 0 radical (unpaired) electrons. The fourth-order valence-corrected chi connectivity index (χ4v) is 4.21. The number of carbonyl (C=O) groups excluding carboxylic acids is 1. The topological polar surface area (TPSA) is 84.5 Å². The van der Waals surface area contributed by atoms with Gasteiger partial charge in [-0.05, 0) is 53.4 Å². The molecule has 1 atom stereocenters. The number of carbonyl (C=O) groups is 1. The lowest BCUT2D eigenvalue weighted by atomic mass is 10.0. The van der Waals surface area contributed by atoms with E-state index in [1.807, 2.05) is 13.8 Å². The number of hydrogen-bond acceptors (Lipinski definition) is 4. The zero-order valence-corrected chi connectivity index (χ0v) is 16.2. The van der Waals surface area contributed by atoms with Crippen molar-refractivity contribution < 1.29 is 22.3 Å². The maximum atomic E-state index is 13.1. The van der Waals surface area contributed by atoms with Crippen molar-refractivity contribution in [2.24, 2.45) is 5.92 Å². The minimum Gasteiger partial charge on any atom is -0.450 e. The van der Waals surface area contributed by atoms with E-state index in [0.29, 0.717) is 6.42 Å². The maximum absolute atomic E-state index is 13.1. The normalized spacial score (nSPS) is 12.9. The van der Waals surface area contributed by atoms with Gasteiger partial charge in [0.15, 0.2) is 0 Å². The molecule has 0 spiro atoms. The van der Waals surface area contributed by atoms with Gasteiger partial charge in [-0.3, -0.25) is 0 Å². The van der Waals surface area contributed by atoms with Crippen molar-refractivity contribution in [3.05, 3.63) is 28.5 Å². The van der Waals surface area contributed by atoms with Gasteiger partial charge in [-0.2, -0.15) is 0 Å². The van der Waals surface area contributed by atoms with Gasteiger partial charge >= 0.3 is 6.09 Å². The first-order valence-electron chi connectivity index (χ1n) is 7.53. The molecule has 1 rings (SSSR count). The number of halogens is 2. The monoisotopic (exact) mass is 424 g/mol. The van der Waals surface area contributed by atoms with Crippen LogP contribution < -0.4 is 10.0 Å². The minimum atomic E-state index is -3.84. The number of rotatable bonds is 8. The molecule has 0 bridgehead atoms. The Labute approximate surface area is 150 Å². The number of hydrogen-bond donors (Lipinski definition) is 2. The average molecular weight is 425 g/mol. The van der Waals surface area contributed by atoms with Crippen LogP contribution >= 0.6 is 15.9 Å². The molecule has 136 valence electrons. The highest BCUT2D eigenvalue weighted by molar-refractivity contribution is 9.10. The van der Waals surface area contributed by atoms with Gasteiger partial charge in [-0.25, -0.2) is 22.3 Å². The molecule has 6 nitrogen and oxygen atoms in total. The number of ether oxygens (including phenoxy) is 1. The van der Waals surface area contributed by atoms with Crippen molar-refractivity contribution in [2.75, 3.05) is 13.2 Å². The Balaban J connectivity index is 2.81. The molecule has 2 N–H and O–H groups in total. The van der Waals surface area contributed by atoms with Crippen molar-refractivity contribution in [3.63, 3.8) is 0 Å². The third kappa shape index (κ3) is 6.74. The predicted molar refractivity (Wildman–Crippen MR) is 92.7 cm³/mol. The molecule has 1 unspecified atom stereocenters. The maximum Gasteiger partial charge on any atom is 0.407 e. The van der Waals surface area contributed by atoms with E-state index < -0.39 is 28.0 Å². The Hall–Kier alpha value is -1.19. The first-order valence-corrected chi connectivity index (χ1v) is 9.81. The Morgan fingerprint density at radius 3 is 2.58 bits per heavy atom. The van der Waals surface area contributed by atoms with Crippen LogP contribution in [0.3, 0.4) is 0 Å². The molecule has 0 heterocycles. The molecule has 1 aromatic carbocycles. The van der Waals surface area contributed by atoms with E-state index in [1.165, 1.54) is 6.07 Å². The second-order valence-electron chi connectivity index (χ2n) is 5.62. The Bertz CT molecular complexity index is 667. The van der Waals surface area contributed by atoms with Gasteiger partial charge in [0.2, 0.25) is 10.0 Å². The Morgan fingerprint density at radius 2 is 2.04 bits per heavy atom. The first-order chi connectivity index (χ1) is 11.2. The van der Waals surface area contributed by atoms with Crippen molar-refractivity contribution in [1.82, 2.24) is 10.0 Å². The van der Waals surface area contributed by atoms with E-state index in [1.54, 1.807) is 6.92 Å². The van der Waals surface area contributed by atoms with Crippen LogP contribution in [-0.4, -0.2) is 33.7 Å². The lowest BCUT2D eigenvalue weighted by Crippen LogP contribution is -2.44. The van der Waals surface area contributed by atoms with Crippen molar-refractivity contribution >= 4 is 32.0 Å². The average Bonchev–Trinajstić information content (AvgIpc) is 2.44. The summed E-state index contributed by atoms with van der Waals surface area (Å²) in [5.74, 6) is -0.290.